The van der Waals surface area contributed by atoms with Crippen molar-refractivity contribution in [2.75, 3.05) is 7.11 Å². The van der Waals surface area contributed by atoms with Gasteiger partial charge in [0, 0.05) is 18.3 Å². The van der Waals surface area contributed by atoms with Gasteiger partial charge >= 0.3 is 12.1 Å². The Morgan fingerprint density at radius 2 is 1.75 bits per heavy atom. The molecule has 7 heteroatoms. The lowest BCUT2D eigenvalue weighted by Crippen LogP contribution is -2.49. The summed E-state index contributed by atoms with van der Waals surface area (Å²) in [5.41, 5.74) is 1.01. The smallest absolute Gasteiger partial charge is 0.413 e. The number of hydrogen-bond donors (Lipinski definition) is 1. The summed E-state index contributed by atoms with van der Waals surface area (Å²) in [6.45, 7) is 12.7. The topological polar surface area (TPSA) is 90.9 Å². The van der Waals surface area contributed by atoms with Crippen LogP contribution in [0.3, 0.4) is 0 Å². The number of benzene rings is 1. The number of rotatable bonds is 15. The van der Waals surface area contributed by atoms with E-state index in [0.717, 1.165) is 31.2 Å². The van der Waals surface area contributed by atoms with E-state index in [2.05, 4.69) is 33.0 Å². The fourth-order valence-corrected chi connectivity index (χ4v) is 6.56. The highest BCUT2D eigenvalue weighted by Gasteiger charge is 2.63. The molecule has 1 aromatic carbocycles. The molecule has 0 radical (unpaired) electrons. The molecule has 2 fully saturated rings. The number of esters is 1. The molecule has 0 aromatic heterocycles. The van der Waals surface area contributed by atoms with Crippen LogP contribution in [0.1, 0.15) is 111 Å². The fourth-order valence-electron chi connectivity index (χ4n) is 6.56. The molecule has 1 N–H and O–H groups in total. The van der Waals surface area contributed by atoms with Gasteiger partial charge in [-0.15, -0.1) is 0 Å². The first-order chi connectivity index (χ1) is 18.9. The number of ether oxygens (including phenoxy) is 3. The highest BCUT2D eigenvalue weighted by atomic mass is 16.6. The quantitative estimate of drug-likeness (QED) is 0.178. The SMILES string of the molecule is CCCCCCCC(=O)CCc1ccc(OC(=O)N[C@@H](C(=O)OC2CC3CCC2(C)C3(C)C)C(C)C)c(OC)c1. The molecule has 0 heterocycles. The molecule has 40 heavy (non-hydrogen) atoms. The highest BCUT2D eigenvalue weighted by Crippen LogP contribution is 2.66. The van der Waals surface area contributed by atoms with E-state index in [1.54, 1.807) is 12.1 Å². The zero-order valence-corrected chi connectivity index (χ0v) is 25.8. The molecule has 2 aliphatic rings. The van der Waals surface area contributed by atoms with E-state index in [9.17, 15) is 14.4 Å². The summed E-state index contributed by atoms with van der Waals surface area (Å²) in [7, 11) is 1.51. The van der Waals surface area contributed by atoms with Crippen molar-refractivity contribution in [3.8, 4) is 11.5 Å². The molecule has 1 aromatic rings. The first-order valence-electron chi connectivity index (χ1n) is 15.3. The maximum Gasteiger partial charge on any atom is 0.413 e. The Labute approximate surface area is 241 Å². The fraction of sp³-hybridized carbons (Fsp3) is 0.727. The molecule has 2 bridgehead atoms. The van der Waals surface area contributed by atoms with Crippen LogP contribution in [-0.4, -0.2) is 37.1 Å². The molecule has 3 rings (SSSR count). The monoisotopic (exact) mass is 557 g/mol. The third-order valence-corrected chi connectivity index (χ3v) is 9.85. The summed E-state index contributed by atoms with van der Waals surface area (Å²) in [5, 5.41) is 2.72. The van der Waals surface area contributed by atoms with Gasteiger partial charge in [0.15, 0.2) is 11.5 Å². The van der Waals surface area contributed by atoms with Crippen LogP contribution in [-0.2, 0) is 20.7 Å². The predicted molar refractivity (Wildman–Crippen MR) is 157 cm³/mol. The number of ketones is 1. The van der Waals surface area contributed by atoms with E-state index in [1.165, 1.54) is 32.8 Å². The molecule has 0 aliphatic heterocycles. The van der Waals surface area contributed by atoms with Crippen LogP contribution < -0.4 is 14.8 Å². The van der Waals surface area contributed by atoms with Crippen LogP contribution in [0.5, 0.6) is 11.5 Å². The van der Waals surface area contributed by atoms with Crippen molar-refractivity contribution >= 4 is 17.8 Å². The molecule has 4 atom stereocenters. The summed E-state index contributed by atoms with van der Waals surface area (Å²) in [5.74, 6) is 0.885. The van der Waals surface area contributed by atoms with Crippen molar-refractivity contribution in [2.24, 2.45) is 22.7 Å². The second-order valence-electron chi connectivity index (χ2n) is 13.0. The molecule has 2 saturated carbocycles. The number of hydrogen-bond acceptors (Lipinski definition) is 6. The second kappa shape index (κ2) is 13.9. The van der Waals surface area contributed by atoms with Gasteiger partial charge in [0.1, 0.15) is 17.9 Å². The normalized spacial score (nSPS) is 23.6. The van der Waals surface area contributed by atoms with Crippen LogP contribution in [0.15, 0.2) is 18.2 Å². The highest BCUT2D eigenvalue weighted by molar-refractivity contribution is 5.83. The van der Waals surface area contributed by atoms with Crippen LogP contribution in [0.25, 0.3) is 0 Å². The van der Waals surface area contributed by atoms with E-state index >= 15 is 0 Å². The Balaban J connectivity index is 1.53. The second-order valence-corrected chi connectivity index (χ2v) is 13.0. The van der Waals surface area contributed by atoms with Crippen LogP contribution >= 0.6 is 0 Å². The zero-order chi connectivity index (χ0) is 29.5. The number of Topliss-reactive ketones (excluding diaryl/α,β-unsaturated/α-hetero) is 1. The molecular weight excluding hydrogens is 506 g/mol. The summed E-state index contributed by atoms with van der Waals surface area (Å²) in [6, 6.07) is 4.48. The van der Waals surface area contributed by atoms with Crippen molar-refractivity contribution in [3.05, 3.63) is 23.8 Å². The Kier molecular flexibility index (Phi) is 11.1. The standard InChI is InChI=1S/C33H51NO6/c1-8-9-10-11-12-13-25(35)16-14-23-15-17-26(27(20-23)38-7)39-31(37)34-29(22(2)3)30(36)40-28-21-24-18-19-33(28,6)32(24,4)5/h15,17,20,22,24,28-29H,8-14,16,18-19,21H2,1-7H3,(H,34,37)/t24?,28?,29-,33?/m1/s1. The maximum atomic E-state index is 13.2. The van der Waals surface area contributed by atoms with Gasteiger partial charge in [-0.25, -0.2) is 9.59 Å². The van der Waals surface area contributed by atoms with Gasteiger partial charge < -0.3 is 19.5 Å². The lowest BCUT2D eigenvalue weighted by Gasteiger charge is -2.39. The lowest BCUT2D eigenvalue weighted by atomic mass is 9.70. The summed E-state index contributed by atoms with van der Waals surface area (Å²) >= 11 is 0. The molecule has 0 saturated heterocycles. The van der Waals surface area contributed by atoms with Gasteiger partial charge in [-0.3, -0.25) is 4.79 Å². The van der Waals surface area contributed by atoms with Crippen LogP contribution in [0.4, 0.5) is 4.79 Å². The Morgan fingerprint density at radius 3 is 2.35 bits per heavy atom. The average molecular weight is 558 g/mol. The minimum absolute atomic E-state index is 0.0519. The lowest BCUT2D eigenvalue weighted by molar-refractivity contribution is -0.160. The first kappa shape index (κ1) is 32.0. The number of carbonyl (C=O) groups excluding carboxylic acids is 3. The Hall–Kier alpha value is -2.57. The summed E-state index contributed by atoms with van der Waals surface area (Å²) < 4.78 is 17.1. The Bertz CT molecular complexity index is 1030. The van der Waals surface area contributed by atoms with Crippen molar-refractivity contribution in [1.29, 1.82) is 0 Å². The maximum absolute atomic E-state index is 13.2. The Morgan fingerprint density at radius 1 is 1.02 bits per heavy atom. The molecule has 7 nitrogen and oxygen atoms in total. The van der Waals surface area contributed by atoms with Gasteiger partial charge in [-0.05, 0) is 67.1 Å². The molecule has 0 spiro atoms. The molecule has 3 unspecified atom stereocenters. The van der Waals surface area contributed by atoms with E-state index < -0.39 is 18.1 Å². The molecule has 224 valence electrons. The van der Waals surface area contributed by atoms with Gasteiger partial charge in [-0.2, -0.15) is 0 Å². The van der Waals surface area contributed by atoms with E-state index in [1.807, 2.05) is 19.9 Å². The van der Waals surface area contributed by atoms with Gasteiger partial charge in [0.2, 0.25) is 0 Å². The van der Waals surface area contributed by atoms with Gasteiger partial charge in [-0.1, -0.05) is 73.3 Å². The number of methoxy groups -OCH3 is 1. The number of carbonyl (C=O) groups is 3. The third-order valence-electron chi connectivity index (χ3n) is 9.85. The summed E-state index contributed by atoms with van der Waals surface area (Å²) in [6.07, 6.45) is 9.59. The minimum Gasteiger partial charge on any atom is -0.493 e. The first-order valence-corrected chi connectivity index (χ1v) is 15.3. The number of fused-ring (bicyclic) bond motifs is 2. The molecular formula is C33H51NO6. The summed E-state index contributed by atoms with van der Waals surface area (Å²) in [4.78, 5) is 38.4. The number of aryl methyl sites for hydroxylation is 1. The van der Waals surface area contributed by atoms with Crippen molar-refractivity contribution in [3.63, 3.8) is 0 Å². The van der Waals surface area contributed by atoms with Gasteiger partial charge in [0.25, 0.3) is 0 Å². The van der Waals surface area contributed by atoms with Crippen LogP contribution in [0, 0.1) is 22.7 Å². The number of amides is 1. The van der Waals surface area contributed by atoms with Crippen LogP contribution in [0.2, 0.25) is 0 Å². The van der Waals surface area contributed by atoms with Crippen molar-refractivity contribution in [2.45, 2.75) is 124 Å². The van der Waals surface area contributed by atoms with E-state index in [-0.39, 0.29) is 34.4 Å². The molecule has 2 aliphatic carbocycles. The minimum atomic E-state index is -0.823. The largest absolute Gasteiger partial charge is 0.493 e. The molecule has 1 amide bonds. The van der Waals surface area contributed by atoms with Crippen molar-refractivity contribution < 1.29 is 28.6 Å². The van der Waals surface area contributed by atoms with Crippen molar-refractivity contribution in [1.82, 2.24) is 5.32 Å². The predicted octanol–water partition coefficient (Wildman–Crippen LogP) is 7.43. The zero-order valence-electron chi connectivity index (χ0n) is 25.8. The number of unbranched alkanes of at least 4 members (excludes halogenated alkanes) is 4. The third kappa shape index (κ3) is 7.38. The van der Waals surface area contributed by atoms with Gasteiger partial charge in [0.05, 0.1) is 7.11 Å². The van der Waals surface area contributed by atoms with E-state index in [4.69, 9.17) is 14.2 Å². The number of nitrogens with one attached hydrogen (secondary N) is 1. The average Bonchev–Trinajstić information content (AvgIpc) is 3.24. The van der Waals surface area contributed by atoms with E-state index in [0.29, 0.717) is 30.9 Å².